The Morgan fingerprint density at radius 3 is 2.03 bits per heavy atom. The third-order valence-electron chi connectivity index (χ3n) is 14.6. The average Bonchev–Trinajstić information content (AvgIpc) is 3.28. The van der Waals surface area contributed by atoms with E-state index in [0.29, 0.717) is 5.57 Å². The summed E-state index contributed by atoms with van der Waals surface area (Å²) in [6, 6.07) is -0.750. The van der Waals surface area contributed by atoms with E-state index in [-0.39, 0.29) is 44.5 Å². The Morgan fingerprint density at radius 1 is 0.824 bits per heavy atom. The minimum atomic E-state index is -1.50. The van der Waals surface area contributed by atoms with Crippen molar-refractivity contribution in [2.24, 2.45) is 23.7 Å². The van der Waals surface area contributed by atoms with Crippen LogP contribution in [0.25, 0.3) is 0 Å². The molecule has 22 atom stereocenters. The third kappa shape index (κ3) is 14.5. The fourth-order valence-electron chi connectivity index (χ4n) is 10.2. The van der Waals surface area contributed by atoms with E-state index in [1.807, 2.05) is 0 Å². The van der Waals surface area contributed by atoms with E-state index < -0.39 is 152 Å². The van der Waals surface area contributed by atoms with Crippen LogP contribution in [-0.4, -0.2) is 213 Å². The molecular formula is C48H85NO19. The van der Waals surface area contributed by atoms with Crippen molar-refractivity contribution >= 4 is 11.8 Å². The zero-order chi connectivity index (χ0) is 50.9. The molecule has 8 unspecified atom stereocenters. The molecule has 0 aromatic heterocycles. The van der Waals surface area contributed by atoms with Crippen molar-refractivity contribution in [1.29, 1.82) is 0 Å². The van der Waals surface area contributed by atoms with Crippen LogP contribution in [0.15, 0.2) is 11.6 Å². The number of ketones is 1. The van der Waals surface area contributed by atoms with Gasteiger partial charge >= 0.3 is 5.97 Å². The summed E-state index contributed by atoms with van der Waals surface area (Å²) in [5, 5.41) is 68.2. The highest BCUT2D eigenvalue weighted by Gasteiger charge is 2.52. The van der Waals surface area contributed by atoms with Crippen molar-refractivity contribution in [3.05, 3.63) is 11.6 Å². The summed E-state index contributed by atoms with van der Waals surface area (Å²) >= 11 is 0. The second-order valence-electron chi connectivity index (χ2n) is 19.9. The minimum Gasteiger partial charge on any atom is -0.462 e. The molecule has 4 rings (SSSR count). The molecule has 0 bridgehead atoms. The standard InChI is InChI=1S/C48H85NO19/c1-15-33-30(22-62-47-44(61-14)43(60-13)39(54)26(5)64-47)38(53)23(2)16-17-31(50)24(3)18-29(19-35(58-11)59-12)41(25(4)32(51)20-34(52)66-33)68-46-40(55)37(49(9)10)42(27(6)65-46)67-36-21-48(8,57)45(56)28(7)63-36/h16,24-30,32-33,35-47,51,53-57H,15,17-22H2,1-14H3/b23-16+/t24?,25?,26-,27-,28+,29?,30?,32?,33?,36+,37-,38?,39-,40-,41?,42-,43-,44-,45+,46+,47-,48-/m1/s1. The monoisotopic (exact) mass is 980 g/mol. The highest BCUT2D eigenvalue weighted by atomic mass is 16.7. The average molecular weight is 980 g/mol. The summed E-state index contributed by atoms with van der Waals surface area (Å²) in [6.07, 6.45) is -14.9. The molecule has 3 fully saturated rings. The molecule has 3 saturated heterocycles. The lowest BCUT2D eigenvalue weighted by Gasteiger charge is -2.50. The van der Waals surface area contributed by atoms with Crippen LogP contribution in [0.4, 0.5) is 0 Å². The van der Waals surface area contributed by atoms with Gasteiger partial charge in [-0.2, -0.15) is 0 Å². The number of rotatable bonds is 15. The topological polar surface area (TPSA) is 260 Å². The molecule has 396 valence electrons. The summed E-state index contributed by atoms with van der Waals surface area (Å²) in [7, 11) is 9.38. The lowest BCUT2D eigenvalue weighted by Crippen LogP contribution is -2.65. The van der Waals surface area contributed by atoms with Gasteiger partial charge in [-0.1, -0.05) is 26.8 Å². The predicted octanol–water partition coefficient (Wildman–Crippen LogP) is 1.45. The normalized spacial score (nSPS) is 45.0. The van der Waals surface area contributed by atoms with Gasteiger partial charge in [0.05, 0.1) is 61.3 Å². The van der Waals surface area contributed by atoms with Gasteiger partial charge in [-0.15, -0.1) is 0 Å². The summed E-state index contributed by atoms with van der Waals surface area (Å²) in [6.45, 7) is 13.4. The number of methoxy groups -OCH3 is 4. The largest absolute Gasteiger partial charge is 0.462 e. The first-order valence-electron chi connectivity index (χ1n) is 24.1. The molecular weight excluding hydrogens is 895 g/mol. The molecule has 20 heteroatoms. The summed E-state index contributed by atoms with van der Waals surface area (Å²) < 4.78 is 66.4. The number of ether oxygens (including phenoxy) is 11. The van der Waals surface area contributed by atoms with Gasteiger partial charge in [0.15, 0.2) is 25.2 Å². The molecule has 4 aliphatic heterocycles. The molecule has 0 radical (unpaired) electrons. The zero-order valence-electron chi connectivity index (χ0n) is 42.7. The highest BCUT2D eigenvalue weighted by Crippen LogP contribution is 2.38. The van der Waals surface area contributed by atoms with E-state index in [1.165, 1.54) is 35.4 Å². The van der Waals surface area contributed by atoms with E-state index in [2.05, 4.69) is 0 Å². The van der Waals surface area contributed by atoms with Gasteiger partial charge in [-0.05, 0) is 73.0 Å². The van der Waals surface area contributed by atoms with Crippen LogP contribution in [0.5, 0.6) is 0 Å². The van der Waals surface area contributed by atoms with Gasteiger partial charge < -0.3 is 87.6 Å². The third-order valence-corrected chi connectivity index (χ3v) is 14.6. The van der Waals surface area contributed by atoms with Gasteiger partial charge in [0, 0.05) is 65.5 Å². The summed E-state index contributed by atoms with van der Waals surface area (Å²) in [5.41, 5.74) is -1.05. The van der Waals surface area contributed by atoms with Crippen LogP contribution in [0.3, 0.4) is 0 Å². The maximum atomic E-state index is 14.1. The minimum absolute atomic E-state index is 0.0372. The van der Waals surface area contributed by atoms with E-state index in [9.17, 15) is 40.2 Å². The summed E-state index contributed by atoms with van der Waals surface area (Å²) in [5.74, 6) is -3.81. The fourth-order valence-corrected chi connectivity index (χ4v) is 10.2. The Balaban J connectivity index is 1.68. The van der Waals surface area contributed by atoms with Crippen molar-refractivity contribution in [2.75, 3.05) is 49.1 Å². The Bertz CT molecular complexity index is 1580. The number of hydrogen-bond donors (Lipinski definition) is 6. The van der Waals surface area contributed by atoms with Crippen molar-refractivity contribution in [3.63, 3.8) is 0 Å². The number of esters is 1. The smallest absolute Gasteiger partial charge is 0.308 e. The first-order valence-corrected chi connectivity index (χ1v) is 24.1. The van der Waals surface area contributed by atoms with Gasteiger partial charge in [0.25, 0.3) is 0 Å². The Kier molecular flexibility index (Phi) is 22.7. The van der Waals surface area contributed by atoms with Crippen LogP contribution < -0.4 is 0 Å². The van der Waals surface area contributed by atoms with Crippen LogP contribution in [0, 0.1) is 23.7 Å². The lowest BCUT2D eigenvalue weighted by atomic mass is 9.79. The number of carbonyl (C=O) groups is 2. The predicted molar refractivity (Wildman–Crippen MR) is 244 cm³/mol. The Morgan fingerprint density at radius 2 is 1.46 bits per heavy atom. The number of carbonyl (C=O) groups excluding carboxylic acids is 2. The number of cyclic esters (lactones) is 1. The number of hydrogen-bond acceptors (Lipinski definition) is 20. The van der Waals surface area contributed by atoms with E-state index in [4.69, 9.17) is 52.1 Å². The molecule has 0 saturated carbocycles. The molecule has 0 aromatic rings. The van der Waals surface area contributed by atoms with Gasteiger partial charge in [0.1, 0.15) is 48.5 Å². The van der Waals surface area contributed by atoms with Crippen LogP contribution in [-0.2, 0) is 61.7 Å². The molecule has 4 heterocycles. The maximum Gasteiger partial charge on any atom is 0.308 e. The number of Topliss-reactive ketones (excluding diaryl/α,β-unsaturated/α-hetero) is 1. The fraction of sp³-hybridized carbons (Fsp3) is 0.917. The van der Waals surface area contributed by atoms with Crippen LogP contribution in [0.1, 0.15) is 93.9 Å². The van der Waals surface area contributed by atoms with Crippen LogP contribution in [0.2, 0.25) is 0 Å². The summed E-state index contributed by atoms with van der Waals surface area (Å²) in [4.78, 5) is 29.8. The van der Waals surface area contributed by atoms with Gasteiger partial charge in [-0.25, -0.2) is 0 Å². The lowest BCUT2D eigenvalue weighted by molar-refractivity contribution is -0.342. The van der Waals surface area contributed by atoms with E-state index >= 15 is 0 Å². The number of allylic oxidation sites excluding steroid dienone is 1. The molecule has 20 nitrogen and oxygen atoms in total. The maximum absolute atomic E-state index is 14.1. The van der Waals surface area contributed by atoms with Gasteiger partial charge in [0.2, 0.25) is 0 Å². The van der Waals surface area contributed by atoms with Crippen molar-refractivity contribution in [2.45, 2.75) is 210 Å². The molecule has 0 amide bonds. The molecule has 4 aliphatic rings. The first-order chi connectivity index (χ1) is 31.9. The van der Waals surface area contributed by atoms with Crippen molar-refractivity contribution < 1.29 is 92.3 Å². The van der Waals surface area contributed by atoms with Crippen molar-refractivity contribution in [1.82, 2.24) is 4.90 Å². The van der Waals surface area contributed by atoms with Gasteiger partial charge in [-0.3, -0.25) is 9.59 Å². The second kappa shape index (κ2) is 26.2. The number of aliphatic hydroxyl groups excluding tert-OH is 5. The molecule has 0 aliphatic carbocycles. The molecule has 0 spiro atoms. The number of likely N-dealkylation sites (N-methyl/N-ethyl adjacent to an activating group) is 1. The Labute approximate surface area is 402 Å². The SMILES string of the molecule is CCC1OC(=O)CC(O)C(C)C(O[C@@H]2O[C@H](C)[C@@H](O[C@H]3C[C@@](C)(O)[C@@H](O)[C@H](C)O3)[C@H](N(C)C)[C@H]2O)C(CC(OC)OC)CC(C)C(=O)C/C=C(\C)C(O)C1CO[C@@H]1O[C@H](C)[C@@H](O)[C@@H](OC)[C@H]1OC. The zero-order valence-corrected chi connectivity index (χ0v) is 42.7. The van der Waals surface area contributed by atoms with Crippen LogP contribution >= 0.6 is 0 Å². The second-order valence-corrected chi connectivity index (χ2v) is 19.9. The number of nitrogens with zero attached hydrogens (tertiary/aromatic N) is 1. The molecule has 68 heavy (non-hydrogen) atoms. The van der Waals surface area contributed by atoms with Crippen molar-refractivity contribution in [3.8, 4) is 0 Å². The molecule has 0 aromatic carbocycles. The highest BCUT2D eigenvalue weighted by molar-refractivity contribution is 5.82. The van der Waals surface area contributed by atoms with E-state index in [1.54, 1.807) is 73.5 Å². The Hall–Kier alpha value is -1.80. The van der Waals surface area contributed by atoms with E-state index in [0.717, 1.165) is 0 Å². The number of aliphatic hydroxyl groups is 6. The molecule has 6 N–H and O–H groups in total. The first kappa shape index (κ1) is 58.8. The quantitative estimate of drug-likeness (QED) is 0.0771.